The Labute approximate surface area is 102 Å². The first-order chi connectivity index (χ1) is 8.37. The highest BCUT2D eigenvalue weighted by Crippen LogP contribution is 2.23. The molecule has 0 unspecified atom stereocenters. The van der Waals surface area contributed by atoms with Crippen LogP contribution in [0.1, 0.15) is 42.4 Å². The van der Waals surface area contributed by atoms with Crippen molar-refractivity contribution in [1.29, 1.82) is 0 Å². The van der Waals surface area contributed by atoms with Crippen molar-refractivity contribution in [3.8, 4) is 0 Å². The normalized spacial score (nSPS) is 11.6. The van der Waals surface area contributed by atoms with Crippen LogP contribution in [0.2, 0.25) is 0 Å². The fourth-order valence-corrected chi connectivity index (χ4v) is 1.35. The molecule has 1 rings (SSSR count). The standard InChI is InChI=1S/C11H14F3NO3/c1-3-7-9(10(16)17-4-2)18-8(15-7)5-6-11(12,13)14/h3-6H2,1-2H3. The molecule has 0 radical (unpaired) electrons. The molecule has 0 spiro atoms. The minimum atomic E-state index is -4.27. The second kappa shape index (κ2) is 5.88. The first-order valence-corrected chi connectivity index (χ1v) is 5.59. The highest BCUT2D eigenvalue weighted by molar-refractivity contribution is 5.87. The number of rotatable bonds is 5. The van der Waals surface area contributed by atoms with E-state index in [4.69, 9.17) is 9.15 Å². The largest absolute Gasteiger partial charge is 0.460 e. The van der Waals surface area contributed by atoms with E-state index in [-0.39, 0.29) is 24.7 Å². The van der Waals surface area contributed by atoms with E-state index >= 15 is 0 Å². The molecule has 4 nitrogen and oxygen atoms in total. The molecule has 1 heterocycles. The Morgan fingerprint density at radius 2 is 2.06 bits per heavy atom. The molecule has 0 saturated heterocycles. The number of oxazole rings is 1. The van der Waals surface area contributed by atoms with Gasteiger partial charge in [-0.15, -0.1) is 0 Å². The second-order valence-corrected chi connectivity index (χ2v) is 3.57. The SMILES string of the molecule is CCOC(=O)c1oc(CCC(F)(F)F)nc1CC. The molecule has 0 amide bonds. The molecule has 0 aromatic carbocycles. The lowest BCUT2D eigenvalue weighted by molar-refractivity contribution is -0.134. The van der Waals surface area contributed by atoms with E-state index in [0.29, 0.717) is 12.1 Å². The molecular weight excluding hydrogens is 251 g/mol. The highest BCUT2D eigenvalue weighted by atomic mass is 19.4. The molecule has 0 bridgehead atoms. The maximum Gasteiger partial charge on any atom is 0.389 e. The molecule has 0 atom stereocenters. The van der Waals surface area contributed by atoms with Crippen LogP contribution in [0.4, 0.5) is 13.2 Å². The lowest BCUT2D eigenvalue weighted by Crippen LogP contribution is -2.08. The number of esters is 1. The highest BCUT2D eigenvalue weighted by Gasteiger charge is 2.28. The van der Waals surface area contributed by atoms with Gasteiger partial charge in [0.2, 0.25) is 5.76 Å². The zero-order valence-electron chi connectivity index (χ0n) is 10.1. The summed E-state index contributed by atoms with van der Waals surface area (Å²) in [6.07, 6.45) is -5.29. The predicted octanol–water partition coefficient (Wildman–Crippen LogP) is 2.91. The van der Waals surface area contributed by atoms with Crippen LogP contribution in [-0.2, 0) is 17.6 Å². The summed E-state index contributed by atoms with van der Waals surface area (Å²) in [5, 5.41) is 0. The average Bonchev–Trinajstić information content (AvgIpc) is 2.69. The number of hydrogen-bond acceptors (Lipinski definition) is 4. The lowest BCUT2D eigenvalue weighted by atomic mass is 10.3. The van der Waals surface area contributed by atoms with Crippen LogP contribution in [0.15, 0.2) is 4.42 Å². The van der Waals surface area contributed by atoms with Gasteiger partial charge in [0.1, 0.15) is 0 Å². The summed E-state index contributed by atoms with van der Waals surface area (Å²) >= 11 is 0. The van der Waals surface area contributed by atoms with Gasteiger partial charge in [-0.3, -0.25) is 0 Å². The van der Waals surface area contributed by atoms with Crippen LogP contribution in [0.25, 0.3) is 0 Å². The molecule has 1 aromatic rings. The predicted molar refractivity (Wildman–Crippen MR) is 56.2 cm³/mol. The number of hydrogen-bond donors (Lipinski definition) is 0. The topological polar surface area (TPSA) is 52.3 Å². The average molecular weight is 265 g/mol. The van der Waals surface area contributed by atoms with E-state index in [2.05, 4.69) is 4.98 Å². The van der Waals surface area contributed by atoms with Gasteiger partial charge in [0.05, 0.1) is 18.7 Å². The second-order valence-electron chi connectivity index (χ2n) is 3.57. The van der Waals surface area contributed by atoms with Crippen molar-refractivity contribution < 1.29 is 27.1 Å². The Bertz CT molecular complexity index is 412. The first kappa shape index (κ1) is 14.5. The molecule has 0 aliphatic rings. The molecule has 0 saturated carbocycles. The number of carbonyl (C=O) groups excluding carboxylic acids is 1. The van der Waals surface area contributed by atoms with E-state index in [9.17, 15) is 18.0 Å². The number of alkyl halides is 3. The van der Waals surface area contributed by atoms with Gasteiger partial charge in [0.25, 0.3) is 0 Å². The molecular formula is C11H14F3NO3. The number of aromatic nitrogens is 1. The Kier molecular flexibility index (Phi) is 4.75. The number of carbonyl (C=O) groups is 1. The monoisotopic (exact) mass is 265 g/mol. The van der Waals surface area contributed by atoms with Gasteiger partial charge < -0.3 is 9.15 Å². The summed E-state index contributed by atoms with van der Waals surface area (Å²) < 4.78 is 45.9. The maximum atomic E-state index is 12.0. The van der Waals surface area contributed by atoms with Gasteiger partial charge in [0, 0.05) is 6.42 Å². The Balaban J connectivity index is 2.80. The van der Waals surface area contributed by atoms with Crippen molar-refractivity contribution in [3.05, 3.63) is 17.3 Å². The number of halogens is 3. The molecule has 1 aromatic heterocycles. The van der Waals surface area contributed by atoms with Gasteiger partial charge in [-0.25, -0.2) is 9.78 Å². The number of aryl methyl sites for hydroxylation is 2. The van der Waals surface area contributed by atoms with E-state index < -0.39 is 18.6 Å². The van der Waals surface area contributed by atoms with Crippen molar-refractivity contribution in [3.63, 3.8) is 0 Å². The number of nitrogens with zero attached hydrogens (tertiary/aromatic N) is 1. The van der Waals surface area contributed by atoms with Crippen molar-refractivity contribution in [1.82, 2.24) is 4.98 Å². The van der Waals surface area contributed by atoms with Crippen LogP contribution in [-0.4, -0.2) is 23.7 Å². The van der Waals surface area contributed by atoms with Gasteiger partial charge in [-0.2, -0.15) is 13.2 Å². The smallest absolute Gasteiger partial charge is 0.389 e. The van der Waals surface area contributed by atoms with Crippen LogP contribution >= 0.6 is 0 Å². The summed E-state index contributed by atoms with van der Waals surface area (Å²) in [5.74, 6) is -0.885. The Morgan fingerprint density at radius 1 is 1.39 bits per heavy atom. The minimum absolute atomic E-state index is 0.0905. The van der Waals surface area contributed by atoms with E-state index in [1.54, 1.807) is 13.8 Å². The minimum Gasteiger partial charge on any atom is -0.460 e. The molecule has 18 heavy (non-hydrogen) atoms. The fourth-order valence-electron chi connectivity index (χ4n) is 1.35. The summed E-state index contributed by atoms with van der Waals surface area (Å²) in [6, 6.07) is 0. The number of ether oxygens (including phenoxy) is 1. The summed E-state index contributed by atoms with van der Waals surface area (Å²) in [6.45, 7) is 3.53. The Morgan fingerprint density at radius 3 is 2.56 bits per heavy atom. The van der Waals surface area contributed by atoms with Crippen molar-refractivity contribution >= 4 is 5.97 Å². The zero-order chi connectivity index (χ0) is 13.8. The lowest BCUT2D eigenvalue weighted by Gasteiger charge is -2.02. The van der Waals surface area contributed by atoms with Gasteiger partial charge in [-0.1, -0.05) is 6.92 Å². The quantitative estimate of drug-likeness (QED) is 0.768. The molecule has 0 aliphatic carbocycles. The Hall–Kier alpha value is -1.53. The fraction of sp³-hybridized carbons (Fsp3) is 0.636. The molecule has 102 valence electrons. The van der Waals surface area contributed by atoms with E-state index in [1.807, 2.05) is 0 Å². The van der Waals surface area contributed by atoms with Gasteiger partial charge in [-0.05, 0) is 13.3 Å². The summed E-state index contributed by atoms with van der Waals surface area (Å²) in [7, 11) is 0. The third kappa shape index (κ3) is 4.05. The zero-order valence-corrected chi connectivity index (χ0v) is 10.1. The van der Waals surface area contributed by atoms with Gasteiger partial charge >= 0.3 is 12.1 Å². The van der Waals surface area contributed by atoms with Crippen LogP contribution in [0.3, 0.4) is 0 Å². The van der Waals surface area contributed by atoms with Crippen molar-refractivity contribution in [2.75, 3.05) is 6.61 Å². The van der Waals surface area contributed by atoms with Crippen LogP contribution in [0, 0.1) is 0 Å². The molecule has 0 aliphatic heterocycles. The first-order valence-electron chi connectivity index (χ1n) is 5.59. The third-order valence-electron chi connectivity index (χ3n) is 2.16. The summed E-state index contributed by atoms with van der Waals surface area (Å²) in [5.41, 5.74) is 0.325. The van der Waals surface area contributed by atoms with E-state index in [0.717, 1.165) is 0 Å². The van der Waals surface area contributed by atoms with Crippen LogP contribution < -0.4 is 0 Å². The maximum absolute atomic E-state index is 12.0. The summed E-state index contributed by atoms with van der Waals surface area (Å²) in [4.78, 5) is 15.3. The molecule has 0 fully saturated rings. The van der Waals surface area contributed by atoms with Crippen LogP contribution in [0.5, 0.6) is 0 Å². The molecule has 7 heteroatoms. The van der Waals surface area contributed by atoms with Gasteiger partial charge in [0.15, 0.2) is 5.89 Å². The molecule has 0 N–H and O–H groups in total. The van der Waals surface area contributed by atoms with E-state index in [1.165, 1.54) is 0 Å². The van der Waals surface area contributed by atoms with Crippen molar-refractivity contribution in [2.45, 2.75) is 39.3 Å². The third-order valence-corrected chi connectivity index (χ3v) is 2.16. The van der Waals surface area contributed by atoms with Crippen molar-refractivity contribution in [2.24, 2.45) is 0 Å².